The number of fused-ring (bicyclic) bond motifs is 3. The minimum Gasteiger partial charge on any atom is -0.454 e. The topological polar surface area (TPSA) is 104 Å². The van der Waals surface area contributed by atoms with Crippen LogP contribution in [0, 0.1) is 5.92 Å². The number of amides is 1. The van der Waals surface area contributed by atoms with E-state index < -0.39 is 0 Å². The third kappa shape index (κ3) is 4.00. The second kappa shape index (κ2) is 8.85. The smallest absolute Gasteiger partial charge is 0.257 e. The average Bonchev–Trinajstić information content (AvgIpc) is 3.37. The minimum atomic E-state index is -0.247. The summed E-state index contributed by atoms with van der Waals surface area (Å²) >= 11 is 0. The molecule has 0 unspecified atom stereocenters. The van der Waals surface area contributed by atoms with Crippen molar-refractivity contribution in [1.82, 2.24) is 19.9 Å². The SMILES string of the molecule is CC(C)CCC[C@H](C)NC(=O)c1c(N)n(-c2ccc3c(c2)OCO3)c2nc3ccccc3nc12. The molecule has 4 aromatic rings. The van der Waals surface area contributed by atoms with Crippen LogP contribution in [-0.4, -0.2) is 33.3 Å². The highest BCUT2D eigenvalue weighted by molar-refractivity contribution is 6.11. The zero-order chi connectivity index (χ0) is 23.8. The lowest BCUT2D eigenvalue weighted by Crippen LogP contribution is -2.33. The van der Waals surface area contributed by atoms with Gasteiger partial charge in [0.15, 0.2) is 17.1 Å². The van der Waals surface area contributed by atoms with Crippen LogP contribution in [0.4, 0.5) is 5.82 Å². The Bertz CT molecular complexity index is 1380. The Morgan fingerprint density at radius 1 is 1.06 bits per heavy atom. The van der Waals surface area contributed by atoms with Gasteiger partial charge in [-0.25, -0.2) is 9.97 Å². The van der Waals surface area contributed by atoms with Gasteiger partial charge in [0.2, 0.25) is 6.79 Å². The molecule has 0 saturated heterocycles. The molecule has 34 heavy (non-hydrogen) atoms. The fraction of sp³-hybridized carbons (Fsp3) is 0.346. The lowest BCUT2D eigenvalue weighted by Gasteiger charge is -2.14. The van der Waals surface area contributed by atoms with E-state index in [0.29, 0.717) is 39.7 Å². The first-order valence-corrected chi connectivity index (χ1v) is 11.7. The summed E-state index contributed by atoms with van der Waals surface area (Å²) in [6.07, 6.45) is 3.08. The Hall–Kier alpha value is -3.81. The maximum Gasteiger partial charge on any atom is 0.257 e. The first kappa shape index (κ1) is 22.0. The number of carbonyl (C=O) groups is 1. The largest absolute Gasteiger partial charge is 0.454 e. The molecule has 2 aromatic heterocycles. The van der Waals surface area contributed by atoms with Crippen molar-refractivity contribution in [3.8, 4) is 17.2 Å². The molecule has 8 heteroatoms. The number of nitrogens with one attached hydrogen (secondary N) is 1. The van der Waals surface area contributed by atoms with Crippen molar-refractivity contribution in [2.45, 2.75) is 46.1 Å². The van der Waals surface area contributed by atoms with Gasteiger partial charge < -0.3 is 20.5 Å². The van der Waals surface area contributed by atoms with E-state index >= 15 is 0 Å². The van der Waals surface area contributed by atoms with Crippen LogP contribution >= 0.6 is 0 Å². The maximum atomic E-state index is 13.4. The summed E-state index contributed by atoms with van der Waals surface area (Å²) in [5, 5.41) is 3.11. The van der Waals surface area contributed by atoms with E-state index in [-0.39, 0.29) is 24.6 Å². The number of anilines is 1. The highest BCUT2D eigenvalue weighted by Gasteiger charge is 2.26. The molecule has 1 atom stereocenters. The number of nitrogen functional groups attached to an aromatic ring is 1. The summed E-state index contributed by atoms with van der Waals surface area (Å²) in [4.78, 5) is 23.1. The lowest BCUT2D eigenvalue weighted by molar-refractivity contribution is 0.0940. The van der Waals surface area contributed by atoms with E-state index in [2.05, 4.69) is 19.2 Å². The normalized spacial score (nSPS) is 13.6. The van der Waals surface area contributed by atoms with Gasteiger partial charge in [0.05, 0.1) is 16.7 Å². The van der Waals surface area contributed by atoms with Crippen LogP contribution in [0.2, 0.25) is 0 Å². The molecule has 3 heterocycles. The summed E-state index contributed by atoms with van der Waals surface area (Å²) in [6, 6.07) is 13.1. The average molecular weight is 460 g/mol. The molecule has 2 aromatic carbocycles. The van der Waals surface area contributed by atoms with E-state index in [1.54, 1.807) is 4.57 Å². The van der Waals surface area contributed by atoms with E-state index in [9.17, 15) is 4.79 Å². The van der Waals surface area contributed by atoms with Crippen LogP contribution in [0.1, 0.15) is 50.4 Å². The predicted molar refractivity (Wildman–Crippen MR) is 133 cm³/mol. The van der Waals surface area contributed by atoms with Crippen LogP contribution in [0.5, 0.6) is 11.5 Å². The van der Waals surface area contributed by atoms with Crippen molar-refractivity contribution in [2.24, 2.45) is 5.92 Å². The molecule has 0 aliphatic carbocycles. The van der Waals surface area contributed by atoms with Gasteiger partial charge in [0.1, 0.15) is 16.9 Å². The Morgan fingerprint density at radius 3 is 2.56 bits per heavy atom. The van der Waals surface area contributed by atoms with E-state index in [4.69, 9.17) is 25.2 Å². The molecule has 8 nitrogen and oxygen atoms in total. The third-order valence-electron chi connectivity index (χ3n) is 6.14. The molecule has 3 N–H and O–H groups in total. The molecule has 0 radical (unpaired) electrons. The van der Waals surface area contributed by atoms with Gasteiger partial charge >= 0.3 is 0 Å². The number of aromatic nitrogens is 3. The molecule has 1 aliphatic rings. The minimum absolute atomic E-state index is 0.0167. The number of para-hydroxylation sites is 2. The molecule has 0 bridgehead atoms. The molecule has 5 rings (SSSR count). The summed E-state index contributed by atoms with van der Waals surface area (Å²) < 4.78 is 12.8. The first-order valence-electron chi connectivity index (χ1n) is 11.7. The van der Waals surface area contributed by atoms with Crippen molar-refractivity contribution in [3.63, 3.8) is 0 Å². The van der Waals surface area contributed by atoms with Gasteiger partial charge in [-0.15, -0.1) is 0 Å². The maximum absolute atomic E-state index is 13.4. The molecule has 1 amide bonds. The van der Waals surface area contributed by atoms with Gasteiger partial charge in [-0.3, -0.25) is 9.36 Å². The zero-order valence-corrected chi connectivity index (χ0v) is 19.7. The fourth-order valence-corrected chi connectivity index (χ4v) is 4.37. The van der Waals surface area contributed by atoms with Crippen molar-refractivity contribution in [3.05, 3.63) is 48.0 Å². The molecular weight excluding hydrogens is 430 g/mol. The Morgan fingerprint density at radius 2 is 1.79 bits per heavy atom. The molecule has 176 valence electrons. The van der Waals surface area contributed by atoms with E-state index in [1.807, 2.05) is 49.4 Å². The molecule has 1 aliphatic heterocycles. The van der Waals surface area contributed by atoms with Crippen molar-refractivity contribution < 1.29 is 14.3 Å². The quantitative estimate of drug-likeness (QED) is 0.410. The fourth-order valence-electron chi connectivity index (χ4n) is 4.37. The number of rotatable bonds is 7. The zero-order valence-electron chi connectivity index (χ0n) is 19.7. The number of hydrogen-bond donors (Lipinski definition) is 2. The van der Waals surface area contributed by atoms with Crippen LogP contribution in [0.3, 0.4) is 0 Å². The van der Waals surface area contributed by atoms with Crippen molar-refractivity contribution in [2.75, 3.05) is 12.5 Å². The van der Waals surface area contributed by atoms with Crippen LogP contribution in [-0.2, 0) is 0 Å². The van der Waals surface area contributed by atoms with Gasteiger partial charge in [-0.2, -0.15) is 0 Å². The summed E-state index contributed by atoms with van der Waals surface area (Å²) in [6.45, 7) is 6.61. The molecule has 0 saturated carbocycles. The number of hydrogen-bond acceptors (Lipinski definition) is 6. The third-order valence-corrected chi connectivity index (χ3v) is 6.14. The number of ether oxygens (including phenoxy) is 2. The predicted octanol–water partition coefficient (Wildman–Crippen LogP) is 4.83. The van der Waals surface area contributed by atoms with Gasteiger partial charge in [-0.05, 0) is 43.5 Å². The second-order valence-electron chi connectivity index (χ2n) is 9.22. The molecule has 0 fully saturated rings. The van der Waals surface area contributed by atoms with Crippen molar-refractivity contribution in [1.29, 1.82) is 0 Å². The van der Waals surface area contributed by atoms with Gasteiger partial charge in [-0.1, -0.05) is 38.8 Å². The van der Waals surface area contributed by atoms with E-state index in [0.717, 1.165) is 30.5 Å². The van der Waals surface area contributed by atoms with Crippen LogP contribution in [0.25, 0.3) is 27.9 Å². The number of carbonyl (C=O) groups excluding carboxylic acids is 1. The highest BCUT2D eigenvalue weighted by atomic mass is 16.7. The Labute approximate surface area is 198 Å². The number of nitrogens with two attached hydrogens (primary N) is 1. The molecular formula is C26H29N5O3. The van der Waals surface area contributed by atoms with Gasteiger partial charge in [0, 0.05) is 12.1 Å². The van der Waals surface area contributed by atoms with Crippen molar-refractivity contribution >= 4 is 33.9 Å². The highest BCUT2D eigenvalue weighted by Crippen LogP contribution is 2.37. The monoisotopic (exact) mass is 459 g/mol. The number of nitrogens with zero attached hydrogens (tertiary/aromatic N) is 3. The summed E-state index contributed by atoms with van der Waals surface area (Å²) in [5.41, 5.74) is 10.1. The van der Waals surface area contributed by atoms with Crippen LogP contribution < -0.4 is 20.5 Å². The van der Waals surface area contributed by atoms with E-state index in [1.165, 1.54) is 0 Å². The summed E-state index contributed by atoms with van der Waals surface area (Å²) in [5.74, 6) is 1.97. The van der Waals surface area contributed by atoms with Gasteiger partial charge in [0.25, 0.3) is 5.91 Å². The second-order valence-corrected chi connectivity index (χ2v) is 9.22. The Kier molecular flexibility index (Phi) is 5.73. The molecule has 0 spiro atoms. The Balaban J connectivity index is 1.59. The van der Waals surface area contributed by atoms with Crippen LogP contribution in [0.15, 0.2) is 42.5 Å². The summed E-state index contributed by atoms with van der Waals surface area (Å²) in [7, 11) is 0. The lowest BCUT2D eigenvalue weighted by atomic mass is 10.0. The first-order chi connectivity index (χ1) is 16.4. The number of benzene rings is 2. The standard InChI is InChI=1S/C26H29N5O3/c1-15(2)7-6-8-16(3)28-26(32)22-23-25(30-19-10-5-4-9-18(19)29-23)31(24(22)27)17-11-12-20-21(13-17)34-14-33-20/h4-5,9-13,15-16H,6-8,14,27H2,1-3H3,(H,28,32)/t16-/m0/s1.